The number of benzene rings is 2. The lowest BCUT2D eigenvalue weighted by atomic mass is 10.1. The summed E-state index contributed by atoms with van der Waals surface area (Å²) in [6, 6.07) is 9.58. The van der Waals surface area contributed by atoms with Crippen molar-refractivity contribution in [3.8, 4) is 0 Å². The molecule has 1 N–H and O–H groups in total. The molecule has 0 spiro atoms. The summed E-state index contributed by atoms with van der Waals surface area (Å²) in [5.41, 5.74) is -0.0846. The summed E-state index contributed by atoms with van der Waals surface area (Å²) in [4.78, 5) is 27.4. The number of rotatable bonds is 6. The Morgan fingerprint density at radius 2 is 1.71 bits per heavy atom. The van der Waals surface area contributed by atoms with Gasteiger partial charge in [-0.2, -0.15) is 17.5 Å². The normalized spacial score (nSPS) is 19.0. The average Bonchev–Trinajstić information content (AvgIpc) is 3.25. The van der Waals surface area contributed by atoms with E-state index < -0.39 is 39.6 Å². The minimum atomic E-state index is -4.43. The number of nitrogens with one attached hydrogen (secondary N) is 1. The maximum absolute atomic E-state index is 13.1. The lowest BCUT2D eigenvalue weighted by Gasteiger charge is -2.30. The molecule has 2 aromatic rings. The Labute approximate surface area is 195 Å². The van der Waals surface area contributed by atoms with Crippen LogP contribution in [0.3, 0.4) is 0 Å². The first kappa shape index (κ1) is 24.2. The van der Waals surface area contributed by atoms with E-state index in [1.165, 1.54) is 45.6 Å². The van der Waals surface area contributed by atoms with Gasteiger partial charge in [0, 0.05) is 31.7 Å². The Bertz CT molecular complexity index is 1180. The molecule has 182 valence electrons. The van der Waals surface area contributed by atoms with E-state index in [2.05, 4.69) is 5.32 Å². The van der Waals surface area contributed by atoms with Gasteiger partial charge in [-0.15, -0.1) is 0 Å². The molecule has 2 amide bonds. The van der Waals surface area contributed by atoms with Crippen molar-refractivity contribution in [1.29, 1.82) is 0 Å². The zero-order valence-electron chi connectivity index (χ0n) is 18.2. The second kappa shape index (κ2) is 9.38. The average molecular weight is 496 g/mol. The number of carbonyl (C=O) groups excluding carboxylic acids is 2. The lowest BCUT2D eigenvalue weighted by molar-refractivity contribution is -0.137. The predicted octanol–water partition coefficient (Wildman–Crippen LogP) is 3.02. The Balaban J connectivity index is 1.42. The van der Waals surface area contributed by atoms with Crippen molar-refractivity contribution < 1.29 is 31.2 Å². The molecule has 7 nitrogen and oxygen atoms in total. The molecule has 0 bridgehead atoms. The van der Waals surface area contributed by atoms with Crippen molar-refractivity contribution in [2.75, 3.05) is 19.6 Å². The predicted molar refractivity (Wildman–Crippen MR) is 117 cm³/mol. The smallest absolute Gasteiger partial charge is 0.350 e. The Morgan fingerprint density at radius 3 is 2.32 bits per heavy atom. The van der Waals surface area contributed by atoms with Crippen molar-refractivity contribution >= 4 is 21.8 Å². The van der Waals surface area contributed by atoms with Gasteiger partial charge in [-0.25, -0.2) is 8.42 Å². The van der Waals surface area contributed by atoms with Crippen LogP contribution in [-0.2, 0) is 27.5 Å². The Kier molecular flexibility index (Phi) is 6.68. The highest BCUT2D eigenvalue weighted by Gasteiger charge is 2.36. The van der Waals surface area contributed by atoms with Crippen LogP contribution < -0.4 is 5.32 Å². The molecule has 2 aliphatic heterocycles. The molecule has 2 aromatic carbocycles. The minimum absolute atomic E-state index is 0.0268. The number of likely N-dealkylation sites (tertiary alicyclic amines) is 1. The summed E-state index contributed by atoms with van der Waals surface area (Å²) in [5, 5.41) is 2.68. The first-order chi connectivity index (χ1) is 16.1. The lowest BCUT2D eigenvalue weighted by Crippen LogP contribution is -2.45. The Morgan fingerprint density at radius 1 is 1.00 bits per heavy atom. The summed E-state index contributed by atoms with van der Waals surface area (Å²) in [7, 11) is -3.65. The molecule has 4 rings (SSSR count). The molecular formula is C23H24F3N3O4S. The zero-order chi connectivity index (χ0) is 24.5. The van der Waals surface area contributed by atoms with Crippen LogP contribution in [0.5, 0.6) is 0 Å². The van der Waals surface area contributed by atoms with Crippen LogP contribution >= 0.6 is 0 Å². The molecular weight excluding hydrogens is 471 g/mol. The summed E-state index contributed by atoms with van der Waals surface area (Å²) >= 11 is 0. The fraction of sp³-hybridized carbons (Fsp3) is 0.391. The minimum Gasteiger partial charge on any atom is -0.350 e. The highest BCUT2D eigenvalue weighted by molar-refractivity contribution is 7.89. The van der Waals surface area contributed by atoms with Crippen molar-refractivity contribution in [1.82, 2.24) is 14.5 Å². The third-order valence-electron chi connectivity index (χ3n) is 6.10. The monoisotopic (exact) mass is 495 g/mol. The Hall–Kier alpha value is -2.92. The highest BCUT2D eigenvalue weighted by atomic mass is 32.2. The van der Waals surface area contributed by atoms with E-state index >= 15 is 0 Å². The number of carbonyl (C=O) groups is 2. The first-order valence-corrected chi connectivity index (χ1v) is 12.4. The summed E-state index contributed by atoms with van der Waals surface area (Å²) in [6.45, 7) is 1.28. The molecule has 0 aromatic heterocycles. The van der Waals surface area contributed by atoms with E-state index in [9.17, 15) is 31.2 Å². The van der Waals surface area contributed by atoms with E-state index in [1.807, 2.05) is 0 Å². The molecule has 11 heteroatoms. The number of amides is 2. The fourth-order valence-electron chi connectivity index (χ4n) is 4.03. The van der Waals surface area contributed by atoms with E-state index in [0.29, 0.717) is 38.0 Å². The second-order valence-electron chi connectivity index (χ2n) is 8.35. The SMILES string of the molecule is O=C(NCc1ccc(C(F)(F)F)cc1)[C@H]1CCCN1C(=O)c1cccc(S(=O)(=O)N2CCC2)c1. The van der Waals surface area contributed by atoms with Gasteiger partial charge in [-0.05, 0) is 55.2 Å². The topological polar surface area (TPSA) is 86.8 Å². The molecule has 2 fully saturated rings. The maximum atomic E-state index is 13.1. The zero-order valence-corrected chi connectivity index (χ0v) is 19.0. The van der Waals surface area contributed by atoms with Gasteiger partial charge in [0.05, 0.1) is 10.5 Å². The van der Waals surface area contributed by atoms with Crippen molar-refractivity contribution in [2.45, 2.75) is 42.9 Å². The van der Waals surface area contributed by atoms with Gasteiger partial charge in [0.15, 0.2) is 0 Å². The molecule has 1 atom stereocenters. The highest BCUT2D eigenvalue weighted by Crippen LogP contribution is 2.29. The van der Waals surface area contributed by atoms with Gasteiger partial charge < -0.3 is 10.2 Å². The maximum Gasteiger partial charge on any atom is 0.416 e. The summed E-state index contributed by atoms with van der Waals surface area (Å²) in [6.07, 6.45) is -2.58. The molecule has 2 heterocycles. The third kappa shape index (κ3) is 4.95. The second-order valence-corrected chi connectivity index (χ2v) is 10.3. The van der Waals surface area contributed by atoms with Gasteiger partial charge in [0.1, 0.15) is 6.04 Å². The molecule has 2 saturated heterocycles. The first-order valence-electron chi connectivity index (χ1n) is 10.9. The van der Waals surface area contributed by atoms with Gasteiger partial charge in [0.25, 0.3) is 5.91 Å². The number of hydrogen-bond acceptors (Lipinski definition) is 4. The third-order valence-corrected chi connectivity index (χ3v) is 7.99. The summed E-state index contributed by atoms with van der Waals surface area (Å²) < 4.78 is 64.8. The number of sulfonamides is 1. The van der Waals surface area contributed by atoms with Crippen molar-refractivity contribution in [3.05, 3.63) is 65.2 Å². The van der Waals surface area contributed by atoms with Gasteiger partial charge in [-0.3, -0.25) is 9.59 Å². The number of alkyl halides is 3. The number of nitrogens with zero attached hydrogens (tertiary/aromatic N) is 2. The van der Waals surface area contributed by atoms with E-state index in [-0.39, 0.29) is 17.0 Å². The van der Waals surface area contributed by atoms with Crippen LogP contribution in [-0.4, -0.2) is 55.1 Å². The van der Waals surface area contributed by atoms with E-state index in [0.717, 1.165) is 18.6 Å². The molecule has 0 aliphatic carbocycles. The number of halogens is 3. The van der Waals surface area contributed by atoms with Crippen LogP contribution in [0.1, 0.15) is 40.7 Å². The largest absolute Gasteiger partial charge is 0.416 e. The van der Waals surface area contributed by atoms with E-state index in [1.54, 1.807) is 0 Å². The van der Waals surface area contributed by atoms with Gasteiger partial charge in [-0.1, -0.05) is 18.2 Å². The molecule has 34 heavy (non-hydrogen) atoms. The van der Waals surface area contributed by atoms with Crippen LogP contribution in [0.2, 0.25) is 0 Å². The molecule has 0 radical (unpaired) electrons. The fourth-order valence-corrected chi connectivity index (χ4v) is 5.60. The molecule has 0 saturated carbocycles. The van der Waals surface area contributed by atoms with Crippen LogP contribution in [0.4, 0.5) is 13.2 Å². The molecule has 0 unspecified atom stereocenters. The van der Waals surface area contributed by atoms with Crippen LogP contribution in [0.25, 0.3) is 0 Å². The van der Waals surface area contributed by atoms with Crippen molar-refractivity contribution in [3.63, 3.8) is 0 Å². The van der Waals surface area contributed by atoms with Crippen molar-refractivity contribution in [2.24, 2.45) is 0 Å². The van der Waals surface area contributed by atoms with E-state index in [4.69, 9.17) is 0 Å². The number of hydrogen-bond donors (Lipinski definition) is 1. The van der Waals surface area contributed by atoms with Gasteiger partial charge >= 0.3 is 6.18 Å². The van der Waals surface area contributed by atoms with Crippen LogP contribution in [0, 0.1) is 0 Å². The standard InChI is InChI=1S/C23H24F3N3O4S/c24-23(25,26)18-9-7-16(8-10-18)15-27-21(30)20-6-2-13-29(20)22(31)17-4-1-5-19(14-17)34(32,33)28-11-3-12-28/h1,4-5,7-10,14,20H,2-3,6,11-13,15H2,(H,27,30)/t20-/m1/s1. The quantitative estimate of drug-likeness (QED) is 0.668. The molecule has 2 aliphatic rings. The van der Waals surface area contributed by atoms with Crippen LogP contribution in [0.15, 0.2) is 53.4 Å². The van der Waals surface area contributed by atoms with Gasteiger partial charge in [0.2, 0.25) is 15.9 Å². The summed E-state index contributed by atoms with van der Waals surface area (Å²) in [5.74, 6) is -0.844.